The summed E-state index contributed by atoms with van der Waals surface area (Å²) in [5.41, 5.74) is 0. The molecule has 2 rings (SSSR count). The average molecular weight is 250 g/mol. The molecule has 1 aromatic heterocycles. The second-order valence-corrected chi connectivity index (χ2v) is 4.67. The summed E-state index contributed by atoms with van der Waals surface area (Å²) in [7, 11) is 0. The van der Waals surface area contributed by atoms with E-state index in [-0.39, 0.29) is 0 Å². The topological polar surface area (TPSA) is 59.1 Å². The second-order valence-electron chi connectivity index (χ2n) is 4.67. The Morgan fingerprint density at radius 1 is 1.39 bits per heavy atom. The quantitative estimate of drug-likeness (QED) is 0.839. The first kappa shape index (κ1) is 13.1. The van der Waals surface area contributed by atoms with Crippen molar-refractivity contribution in [3.05, 3.63) is 11.9 Å². The third-order valence-electron chi connectivity index (χ3n) is 2.91. The fourth-order valence-corrected chi connectivity index (χ4v) is 2.05. The summed E-state index contributed by atoms with van der Waals surface area (Å²) in [6.07, 6.45) is 3.34. The van der Waals surface area contributed by atoms with Crippen molar-refractivity contribution in [2.24, 2.45) is 0 Å². The summed E-state index contributed by atoms with van der Waals surface area (Å²) in [6.45, 7) is 6.63. The fourth-order valence-electron chi connectivity index (χ4n) is 2.05. The number of aryl methyl sites for hydroxylation is 1. The highest BCUT2D eigenvalue weighted by atomic mass is 16.5. The summed E-state index contributed by atoms with van der Waals surface area (Å²) >= 11 is 0. The fraction of sp³-hybridized carbons (Fsp3) is 0.692. The molecule has 1 aromatic rings. The number of nitrogens with one attached hydrogen (secondary N) is 2. The van der Waals surface area contributed by atoms with Crippen LogP contribution in [-0.2, 0) is 4.74 Å². The maximum Gasteiger partial charge on any atom is 0.132 e. The van der Waals surface area contributed by atoms with Gasteiger partial charge in [-0.25, -0.2) is 9.97 Å². The lowest BCUT2D eigenvalue weighted by molar-refractivity contribution is 0.0875. The van der Waals surface area contributed by atoms with Crippen LogP contribution in [0, 0.1) is 6.92 Å². The number of aromatic nitrogens is 2. The van der Waals surface area contributed by atoms with E-state index < -0.39 is 0 Å². The highest BCUT2D eigenvalue weighted by Crippen LogP contribution is 2.15. The zero-order valence-electron chi connectivity index (χ0n) is 11.2. The van der Waals surface area contributed by atoms with Crippen LogP contribution in [0.15, 0.2) is 6.07 Å². The third-order valence-corrected chi connectivity index (χ3v) is 2.91. The van der Waals surface area contributed by atoms with Crippen molar-refractivity contribution in [1.29, 1.82) is 0 Å². The van der Waals surface area contributed by atoms with Crippen LogP contribution in [0.5, 0.6) is 0 Å². The standard InChI is InChI=1S/C13H22N4O/c1-3-6-14-12-8-13(16-10(2)15-12)17-11-5-4-7-18-9-11/h8,11H,3-7,9H2,1-2H3,(H2,14,15,16,17). The van der Waals surface area contributed by atoms with Gasteiger partial charge in [-0.05, 0) is 26.2 Å². The minimum atomic E-state index is 0.368. The van der Waals surface area contributed by atoms with Crippen molar-refractivity contribution in [2.75, 3.05) is 30.4 Å². The van der Waals surface area contributed by atoms with Crippen molar-refractivity contribution < 1.29 is 4.74 Å². The van der Waals surface area contributed by atoms with Gasteiger partial charge in [0.25, 0.3) is 0 Å². The van der Waals surface area contributed by atoms with Crippen molar-refractivity contribution in [3.8, 4) is 0 Å². The molecule has 1 saturated heterocycles. The van der Waals surface area contributed by atoms with E-state index in [2.05, 4.69) is 27.5 Å². The predicted molar refractivity (Wildman–Crippen MR) is 73.0 cm³/mol. The lowest BCUT2D eigenvalue weighted by atomic mass is 10.1. The van der Waals surface area contributed by atoms with E-state index in [1.807, 2.05) is 13.0 Å². The first-order chi connectivity index (χ1) is 8.78. The molecule has 1 atom stereocenters. The van der Waals surface area contributed by atoms with Crippen LogP contribution < -0.4 is 10.6 Å². The molecular formula is C13H22N4O. The number of nitrogens with zero attached hydrogens (tertiary/aromatic N) is 2. The molecule has 18 heavy (non-hydrogen) atoms. The molecule has 1 aliphatic heterocycles. The molecule has 0 saturated carbocycles. The van der Waals surface area contributed by atoms with Gasteiger partial charge in [0.15, 0.2) is 0 Å². The SMILES string of the molecule is CCCNc1cc(NC2CCCOC2)nc(C)n1. The Hall–Kier alpha value is -1.36. The molecule has 0 aromatic carbocycles. The number of rotatable bonds is 5. The van der Waals surface area contributed by atoms with Gasteiger partial charge in [-0.1, -0.05) is 6.92 Å². The smallest absolute Gasteiger partial charge is 0.132 e. The molecule has 0 amide bonds. The van der Waals surface area contributed by atoms with E-state index in [1.54, 1.807) is 0 Å². The summed E-state index contributed by atoms with van der Waals surface area (Å²) in [4.78, 5) is 8.79. The number of hydrogen-bond acceptors (Lipinski definition) is 5. The van der Waals surface area contributed by atoms with Crippen LogP contribution in [-0.4, -0.2) is 35.8 Å². The minimum Gasteiger partial charge on any atom is -0.379 e. The van der Waals surface area contributed by atoms with Crippen LogP contribution >= 0.6 is 0 Å². The van der Waals surface area contributed by atoms with Crippen molar-refractivity contribution in [3.63, 3.8) is 0 Å². The molecule has 0 bridgehead atoms. The zero-order valence-corrected chi connectivity index (χ0v) is 11.2. The Bertz CT molecular complexity index is 377. The Kier molecular flexibility index (Phi) is 4.75. The number of hydrogen-bond donors (Lipinski definition) is 2. The molecule has 100 valence electrons. The normalized spacial score (nSPS) is 19.6. The third kappa shape index (κ3) is 3.84. The summed E-state index contributed by atoms with van der Waals surface area (Å²) < 4.78 is 5.46. The highest BCUT2D eigenvalue weighted by Gasteiger charge is 2.14. The van der Waals surface area contributed by atoms with Crippen LogP contribution in [0.4, 0.5) is 11.6 Å². The Balaban J connectivity index is 1.99. The molecule has 2 N–H and O–H groups in total. The highest BCUT2D eigenvalue weighted by molar-refractivity contribution is 5.48. The first-order valence-electron chi connectivity index (χ1n) is 6.71. The molecule has 1 fully saturated rings. The minimum absolute atomic E-state index is 0.368. The van der Waals surface area contributed by atoms with Gasteiger partial charge in [0.05, 0.1) is 12.6 Å². The van der Waals surface area contributed by atoms with E-state index in [9.17, 15) is 0 Å². The van der Waals surface area contributed by atoms with E-state index >= 15 is 0 Å². The molecule has 0 radical (unpaired) electrons. The molecule has 1 unspecified atom stereocenters. The van der Waals surface area contributed by atoms with Gasteiger partial charge in [0.2, 0.25) is 0 Å². The van der Waals surface area contributed by atoms with Crippen LogP contribution in [0.25, 0.3) is 0 Å². The molecular weight excluding hydrogens is 228 g/mol. The number of ether oxygens (including phenoxy) is 1. The van der Waals surface area contributed by atoms with Gasteiger partial charge in [-0.2, -0.15) is 0 Å². The monoisotopic (exact) mass is 250 g/mol. The summed E-state index contributed by atoms with van der Waals surface area (Å²) in [6, 6.07) is 2.34. The van der Waals surface area contributed by atoms with Crippen molar-refractivity contribution in [2.45, 2.75) is 39.2 Å². The Labute approximate surface area is 108 Å². The van der Waals surface area contributed by atoms with Crippen LogP contribution in [0.3, 0.4) is 0 Å². The summed E-state index contributed by atoms with van der Waals surface area (Å²) in [5.74, 6) is 2.57. The average Bonchev–Trinajstić information content (AvgIpc) is 2.37. The van der Waals surface area contributed by atoms with Crippen LogP contribution in [0.2, 0.25) is 0 Å². The van der Waals surface area contributed by atoms with Crippen LogP contribution in [0.1, 0.15) is 32.0 Å². The lowest BCUT2D eigenvalue weighted by Crippen LogP contribution is -2.30. The van der Waals surface area contributed by atoms with E-state index in [4.69, 9.17) is 4.74 Å². The van der Waals surface area contributed by atoms with Crippen molar-refractivity contribution in [1.82, 2.24) is 9.97 Å². The number of anilines is 2. The molecule has 1 aliphatic rings. The largest absolute Gasteiger partial charge is 0.379 e. The second kappa shape index (κ2) is 6.54. The molecule has 0 spiro atoms. The van der Waals surface area contributed by atoms with E-state index in [0.717, 1.165) is 56.5 Å². The van der Waals surface area contributed by atoms with Gasteiger partial charge in [-0.15, -0.1) is 0 Å². The predicted octanol–water partition coefficient (Wildman–Crippen LogP) is 2.20. The first-order valence-corrected chi connectivity index (χ1v) is 6.71. The van der Waals surface area contributed by atoms with Crippen molar-refractivity contribution >= 4 is 11.6 Å². The van der Waals surface area contributed by atoms with E-state index in [1.165, 1.54) is 0 Å². The maximum absolute atomic E-state index is 5.46. The molecule has 5 heteroatoms. The van der Waals surface area contributed by atoms with E-state index in [0.29, 0.717) is 6.04 Å². The maximum atomic E-state index is 5.46. The van der Waals surface area contributed by atoms with Gasteiger partial charge in [-0.3, -0.25) is 0 Å². The molecule has 5 nitrogen and oxygen atoms in total. The lowest BCUT2D eigenvalue weighted by Gasteiger charge is -2.23. The van der Waals surface area contributed by atoms with Gasteiger partial charge in [0.1, 0.15) is 17.5 Å². The zero-order chi connectivity index (χ0) is 12.8. The Morgan fingerprint density at radius 3 is 2.94 bits per heavy atom. The van der Waals surface area contributed by atoms with Gasteiger partial charge < -0.3 is 15.4 Å². The summed E-state index contributed by atoms with van der Waals surface area (Å²) in [5, 5.41) is 6.71. The molecule has 2 heterocycles. The van der Waals surface area contributed by atoms with Gasteiger partial charge >= 0.3 is 0 Å². The van der Waals surface area contributed by atoms with Gasteiger partial charge in [0, 0.05) is 19.2 Å². The molecule has 0 aliphatic carbocycles. The Morgan fingerprint density at radius 2 is 2.22 bits per heavy atom.